The standard InChI is InChI=1S/C24H23O/c1-23(2)24(25-23)17-15-19(16-18-24)13-14-22(20-9-5-3-6-10-20)21-11-7-4-8-12-21/h3-13,15-18H,14H2,1-2H3. The van der Waals surface area contributed by atoms with Crippen molar-refractivity contribution in [1.29, 1.82) is 0 Å². The molecule has 0 N–H and O–H groups in total. The second-order valence-corrected chi connectivity index (χ2v) is 7.19. The highest BCUT2D eigenvalue weighted by molar-refractivity contribution is 5.49. The molecule has 1 aliphatic carbocycles. The minimum absolute atomic E-state index is 0.0725. The molecule has 2 aromatic carbocycles. The van der Waals surface area contributed by atoms with Crippen LogP contribution in [0.5, 0.6) is 0 Å². The number of hydrogen-bond acceptors (Lipinski definition) is 1. The van der Waals surface area contributed by atoms with Crippen LogP contribution in [0.25, 0.3) is 0 Å². The van der Waals surface area contributed by atoms with Gasteiger partial charge in [-0.05, 0) is 49.1 Å². The summed E-state index contributed by atoms with van der Waals surface area (Å²) in [5.41, 5.74) is 3.53. The molecule has 4 rings (SSSR count). The quantitative estimate of drug-likeness (QED) is 0.661. The Kier molecular flexibility index (Phi) is 3.97. The molecular formula is C24H23O. The van der Waals surface area contributed by atoms with Crippen LogP contribution in [0.2, 0.25) is 0 Å². The molecule has 1 saturated heterocycles. The molecule has 1 heterocycles. The third-order valence-electron chi connectivity index (χ3n) is 5.16. The maximum absolute atomic E-state index is 5.84. The Morgan fingerprint density at radius 1 is 0.840 bits per heavy atom. The fourth-order valence-electron chi connectivity index (χ4n) is 3.45. The van der Waals surface area contributed by atoms with Gasteiger partial charge in [-0.2, -0.15) is 0 Å². The van der Waals surface area contributed by atoms with Crippen molar-refractivity contribution < 1.29 is 4.74 Å². The van der Waals surface area contributed by atoms with E-state index in [1.807, 2.05) is 0 Å². The lowest BCUT2D eigenvalue weighted by molar-refractivity contribution is 0.317. The lowest BCUT2D eigenvalue weighted by Crippen LogP contribution is -2.16. The lowest BCUT2D eigenvalue weighted by atomic mass is 9.86. The minimum atomic E-state index is -0.185. The zero-order valence-corrected chi connectivity index (χ0v) is 14.8. The Morgan fingerprint density at radius 2 is 1.32 bits per heavy atom. The Labute approximate surface area is 150 Å². The van der Waals surface area contributed by atoms with Gasteiger partial charge in [0.05, 0.1) is 0 Å². The van der Waals surface area contributed by atoms with Crippen molar-refractivity contribution in [2.24, 2.45) is 0 Å². The van der Waals surface area contributed by atoms with Gasteiger partial charge in [-0.15, -0.1) is 0 Å². The second kappa shape index (κ2) is 6.16. The van der Waals surface area contributed by atoms with Crippen LogP contribution in [0.3, 0.4) is 0 Å². The number of rotatable bonds is 4. The van der Waals surface area contributed by atoms with Gasteiger partial charge < -0.3 is 4.74 Å². The first-order valence-electron chi connectivity index (χ1n) is 8.85. The van der Waals surface area contributed by atoms with E-state index < -0.39 is 0 Å². The highest BCUT2D eigenvalue weighted by Gasteiger charge is 2.60. The van der Waals surface area contributed by atoms with Gasteiger partial charge in [0.25, 0.3) is 0 Å². The SMILES string of the molecule is CC1(C)OC12C=CC(=CC[C](c1ccccc1)c1ccccc1)C=C2. The van der Waals surface area contributed by atoms with Gasteiger partial charge in [-0.1, -0.05) is 78.9 Å². The largest absolute Gasteiger partial charge is 0.354 e. The molecule has 125 valence electrons. The van der Waals surface area contributed by atoms with Crippen LogP contribution in [-0.2, 0) is 4.74 Å². The first-order chi connectivity index (χ1) is 12.1. The Morgan fingerprint density at radius 3 is 1.76 bits per heavy atom. The highest BCUT2D eigenvalue weighted by atomic mass is 16.6. The van der Waals surface area contributed by atoms with Gasteiger partial charge >= 0.3 is 0 Å². The molecule has 2 aromatic rings. The van der Waals surface area contributed by atoms with E-state index in [1.54, 1.807) is 0 Å². The molecule has 0 bridgehead atoms. The van der Waals surface area contributed by atoms with E-state index in [0.717, 1.165) is 6.42 Å². The molecule has 1 spiro atoms. The number of hydrogen-bond donors (Lipinski definition) is 0. The number of ether oxygens (including phenoxy) is 1. The van der Waals surface area contributed by atoms with Crippen molar-refractivity contribution in [2.75, 3.05) is 0 Å². The molecule has 1 nitrogen and oxygen atoms in total. The predicted molar refractivity (Wildman–Crippen MR) is 103 cm³/mol. The third-order valence-corrected chi connectivity index (χ3v) is 5.16. The highest BCUT2D eigenvalue weighted by Crippen LogP contribution is 2.51. The van der Waals surface area contributed by atoms with E-state index in [4.69, 9.17) is 4.74 Å². The Hall–Kier alpha value is -2.38. The number of epoxide rings is 1. The van der Waals surface area contributed by atoms with Crippen LogP contribution in [0.1, 0.15) is 31.4 Å². The van der Waals surface area contributed by atoms with E-state index in [0.29, 0.717) is 0 Å². The van der Waals surface area contributed by atoms with Crippen molar-refractivity contribution in [2.45, 2.75) is 31.5 Å². The van der Waals surface area contributed by atoms with E-state index in [1.165, 1.54) is 22.6 Å². The summed E-state index contributed by atoms with van der Waals surface area (Å²) in [6.45, 7) is 4.26. The molecule has 2 aliphatic rings. The predicted octanol–water partition coefficient (Wildman–Crippen LogP) is 5.65. The van der Waals surface area contributed by atoms with Crippen LogP contribution in [0.4, 0.5) is 0 Å². The zero-order valence-electron chi connectivity index (χ0n) is 14.8. The van der Waals surface area contributed by atoms with Crippen molar-refractivity contribution >= 4 is 0 Å². The molecule has 0 unspecified atom stereocenters. The molecule has 0 atom stereocenters. The summed E-state index contributed by atoms with van der Waals surface area (Å²) in [6.07, 6.45) is 11.9. The van der Waals surface area contributed by atoms with Crippen LogP contribution >= 0.6 is 0 Å². The van der Waals surface area contributed by atoms with Gasteiger partial charge in [0, 0.05) is 5.92 Å². The normalized spacial score (nSPS) is 23.2. The van der Waals surface area contributed by atoms with Gasteiger partial charge in [0.2, 0.25) is 0 Å². The maximum Gasteiger partial charge on any atom is 0.134 e. The van der Waals surface area contributed by atoms with Crippen molar-refractivity contribution in [3.05, 3.63) is 114 Å². The first-order valence-corrected chi connectivity index (χ1v) is 8.85. The van der Waals surface area contributed by atoms with Crippen LogP contribution in [0.15, 0.2) is 96.6 Å². The Bertz CT molecular complexity index is 769. The smallest absolute Gasteiger partial charge is 0.134 e. The van der Waals surface area contributed by atoms with E-state index in [2.05, 4.69) is 105 Å². The first kappa shape index (κ1) is 16.1. The molecule has 1 aliphatic heterocycles. The monoisotopic (exact) mass is 327 g/mol. The number of benzene rings is 2. The van der Waals surface area contributed by atoms with E-state index in [-0.39, 0.29) is 11.2 Å². The van der Waals surface area contributed by atoms with Gasteiger partial charge in [-0.25, -0.2) is 0 Å². The number of allylic oxidation sites excluding steroid dienone is 4. The topological polar surface area (TPSA) is 12.5 Å². The van der Waals surface area contributed by atoms with E-state index in [9.17, 15) is 0 Å². The zero-order chi connectivity index (χ0) is 17.3. The molecule has 1 fully saturated rings. The van der Waals surface area contributed by atoms with Gasteiger partial charge in [0.15, 0.2) is 0 Å². The average Bonchev–Trinajstić information content (AvgIpc) is 3.18. The van der Waals surface area contributed by atoms with Gasteiger partial charge in [-0.3, -0.25) is 0 Å². The van der Waals surface area contributed by atoms with Crippen molar-refractivity contribution in [3.8, 4) is 0 Å². The summed E-state index contributed by atoms with van der Waals surface area (Å²) in [7, 11) is 0. The molecule has 25 heavy (non-hydrogen) atoms. The molecule has 1 heteroatoms. The fraction of sp³-hybridized carbons (Fsp3) is 0.208. The van der Waals surface area contributed by atoms with Crippen LogP contribution in [-0.4, -0.2) is 11.2 Å². The van der Waals surface area contributed by atoms with E-state index >= 15 is 0 Å². The second-order valence-electron chi connectivity index (χ2n) is 7.19. The van der Waals surface area contributed by atoms with Crippen LogP contribution < -0.4 is 0 Å². The van der Waals surface area contributed by atoms with Crippen molar-refractivity contribution in [3.63, 3.8) is 0 Å². The van der Waals surface area contributed by atoms with Gasteiger partial charge in [0.1, 0.15) is 11.2 Å². The van der Waals surface area contributed by atoms with Crippen LogP contribution in [0, 0.1) is 5.92 Å². The third kappa shape index (κ3) is 3.12. The molecular weight excluding hydrogens is 304 g/mol. The summed E-state index contributed by atoms with van der Waals surface area (Å²) < 4.78 is 5.84. The fourth-order valence-corrected chi connectivity index (χ4v) is 3.45. The molecule has 0 amide bonds. The summed E-state index contributed by atoms with van der Waals surface area (Å²) in [4.78, 5) is 0. The summed E-state index contributed by atoms with van der Waals surface area (Å²) in [5.74, 6) is 1.35. The molecule has 1 radical (unpaired) electrons. The summed E-state index contributed by atoms with van der Waals surface area (Å²) in [6, 6.07) is 21.3. The minimum Gasteiger partial charge on any atom is -0.354 e. The molecule has 0 saturated carbocycles. The Balaban J connectivity index is 1.56. The maximum atomic E-state index is 5.84. The lowest BCUT2D eigenvalue weighted by Gasteiger charge is -2.16. The summed E-state index contributed by atoms with van der Waals surface area (Å²) in [5, 5.41) is 0. The summed E-state index contributed by atoms with van der Waals surface area (Å²) >= 11 is 0. The average molecular weight is 327 g/mol. The molecule has 0 aromatic heterocycles. The van der Waals surface area contributed by atoms with Crippen molar-refractivity contribution in [1.82, 2.24) is 0 Å².